The van der Waals surface area contributed by atoms with Crippen LogP contribution in [0, 0.1) is 0 Å². The van der Waals surface area contributed by atoms with E-state index in [4.69, 9.17) is 0 Å². The molecule has 1 aromatic carbocycles. The van der Waals surface area contributed by atoms with E-state index in [0.29, 0.717) is 31.2 Å². The van der Waals surface area contributed by atoms with Gasteiger partial charge in [-0.05, 0) is 42.1 Å². The first kappa shape index (κ1) is 20.7. The zero-order chi connectivity index (χ0) is 21.8. The molecule has 0 fully saturated rings. The standard InChI is InChI=1S/C20H19F3N8/c1-30(11-14-2-4-16(5-3-14)20(21,22)23)8-9-31-12-18(25-13-31)17-10-15(6-7-24-17)19-26-28-29-27-19/h2-7,10,12-13H,8-9,11H2,1H3,(H,26,27,28,29). The Bertz CT molecular complexity index is 1120. The third kappa shape index (κ3) is 5.12. The largest absolute Gasteiger partial charge is 0.416 e. The fourth-order valence-electron chi connectivity index (χ4n) is 3.08. The number of benzene rings is 1. The number of hydrogen-bond acceptors (Lipinski definition) is 6. The van der Waals surface area contributed by atoms with Crippen LogP contribution in [0.3, 0.4) is 0 Å². The lowest BCUT2D eigenvalue weighted by atomic mass is 10.1. The number of likely N-dealkylation sites (N-methyl/N-ethyl adjacent to an activating group) is 1. The molecule has 3 aromatic heterocycles. The molecule has 31 heavy (non-hydrogen) atoms. The number of nitrogens with zero attached hydrogens (tertiary/aromatic N) is 7. The zero-order valence-corrected chi connectivity index (χ0v) is 16.6. The van der Waals surface area contributed by atoms with Gasteiger partial charge in [0.15, 0.2) is 0 Å². The maximum Gasteiger partial charge on any atom is 0.416 e. The van der Waals surface area contributed by atoms with Crippen molar-refractivity contribution in [3.05, 3.63) is 66.2 Å². The fourth-order valence-corrected chi connectivity index (χ4v) is 3.08. The molecule has 0 bridgehead atoms. The van der Waals surface area contributed by atoms with Gasteiger partial charge in [-0.2, -0.15) is 18.4 Å². The quantitative estimate of drug-likeness (QED) is 0.486. The van der Waals surface area contributed by atoms with Crippen molar-refractivity contribution in [2.24, 2.45) is 0 Å². The van der Waals surface area contributed by atoms with Crippen molar-refractivity contribution in [3.63, 3.8) is 0 Å². The fraction of sp³-hybridized carbons (Fsp3) is 0.250. The van der Waals surface area contributed by atoms with Gasteiger partial charge in [-0.3, -0.25) is 4.98 Å². The summed E-state index contributed by atoms with van der Waals surface area (Å²) in [5, 5.41) is 13.9. The Morgan fingerprint density at radius 2 is 1.87 bits per heavy atom. The van der Waals surface area contributed by atoms with Crippen LogP contribution in [0.2, 0.25) is 0 Å². The van der Waals surface area contributed by atoms with Crippen molar-refractivity contribution in [2.45, 2.75) is 19.3 Å². The second-order valence-corrected chi connectivity index (χ2v) is 7.09. The summed E-state index contributed by atoms with van der Waals surface area (Å²) in [6.07, 6.45) is 0.972. The lowest BCUT2D eigenvalue weighted by Crippen LogP contribution is -2.22. The van der Waals surface area contributed by atoms with Crippen LogP contribution in [0.15, 0.2) is 55.1 Å². The molecule has 160 valence electrons. The minimum absolute atomic E-state index is 0.480. The molecule has 1 N–H and O–H groups in total. The average Bonchev–Trinajstić information content (AvgIpc) is 3.45. The van der Waals surface area contributed by atoms with Crippen LogP contribution >= 0.6 is 0 Å². The van der Waals surface area contributed by atoms with Gasteiger partial charge in [-0.1, -0.05) is 12.1 Å². The first-order chi connectivity index (χ1) is 14.9. The van der Waals surface area contributed by atoms with Crippen molar-refractivity contribution in [2.75, 3.05) is 13.6 Å². The monoisotopic (exact) mass is 428 g/mol. The summed E-state index contributed by atoms with van der Waals surface area (Å²) < 4.78 is 40.0. The van der Waals surface area contributed by atoms with Crippen molar-refractivity contribution in [3.8, 4) is 22.8 Å². The van der Waals surface area contributed by atoms with Crippen molar-refractivity contribution < 1.29 is 13.2 Å². The number of tetrazole rings is 1. The number of H-pyrrole nitrogens is 1. The smallest absolute Gasteiger partial charge is 0.335 e. The predicted octanol–water partition coefficient (Wildman–Crippen LogP) is 3.28. The summed E-state index contributed by atoms with van der Waals surface area (Å²) in [5.74, 6) is 0.480. The van der Waals surface area contributed by atoms with Gasteiger partial charge in [-0.25, -0.2) is 4.98 Å². The van der Waals surface area contributed by atoms with Gasteiger partial charge >= 0.3 is 6.18 Å². The maximum atomic E-state index is 12.7. The molecule has 4 rings (SSSR count). The average molecular weight is 428 g/mol. The van der Waals surface area contributed by atoms with Crippen molar-refractivity contribution >= 4 is 0 Å². The Kier molecular flexibility index (Phi) is 5.76. The summed E-state index contributed by atoms with van der Waals surface area (Å²) >= 11 is 0. The minimum atomic E-state index is -4.32. The van der Waals surface area contributed by atoms with E-state index in [-0.39, 0.29) is 0 Å². The van der Waals surface area contributed by atoms with E-state index >= 15 is 0 Å². The Balaban J connectivity index is 1.35. The number of nitrogens with one attached hydrogen (secondary N) is 1. The second kappa shape index (κ2) is 8.64. The number of hydrogen-bond donors (Lipinski definition) is 1. The van der Waals surface area contributed by atoms with E-state index in [0.717, 1.165) is 29.0 Å². The molecular formula is C20H19F3N8. The van der Waals surface area contributed by atoms with Crippen LogP contribution in [-0.4, -0.2) is 53.7 Å². The van der Waals surface area contributed by atoms with E-state index in [1.165, 1.54) is 12.1 Å². The molecular weight excluding hydrogens is 409 g/mol. The van der Waals surface area contributed by atoms with Crippen LogP contribution in [0.25, 0.3) is 22.8 Å². The Labute approximate surface area is 175 Å². The van der Waals surface area contributed by atoms with Gasteiger partial charge in [0.2, 0.25) is 5.82 Å². The molecule has 0 radical (unpaired) electrons. The Morgan fingerprint density at radius 3 is 2.58 bits per heavy atom. The third-order valence-electron chi connectivity index (χ3n) is 4.73. The molecule has 0 atom stereocenters. The molecule has 3 heterocycles. The van der Waals surface area contributed by atoms with Crippen LogP contribution in [0.5, 0.6) is 0 Å². The number of aromatic amines is 1. The molecule has 0 aliphatic heterocycles. The molecule has 0 saturated heterocycles. The van der Waals surface area contributed by atoms with Crippen LogP contribution in [0.4, 0.5) is 13.2 Å². The number of halogens is 3. The highest BCUT2D eigenvalue weighted by Crippen LogP contribution is 2.29. The summed E-state index contributed by atoms with van der Waals surface area (Å²) in [7, 11) is 1.92. The molecule has 0 spiro atoms. The van der Waals surface area contributed by atoms with Crippen molar-refractivity contribution in [1.29, 1.82) is 0 Å². The lowest BCUT2D eigenvalue weighted by molar-refractivity contribution is -0.137. The summed E-state index contributed by atoms with van der Waals surface area (Å²) in [4.78, 5) is 10.8. The number of alkyl halides is 3. The van der Waals surface area contributed by atoms with Gasteiger partial charge in [0, 0.05) is 37.6 Å². The third-order valence-corrected chi connectivity index (χ3v) is 4.73. The molecule has 0 aliphatic carbocycles. The van der Waals surface area contributed by atoms with Crippen molar-refractivity contribution in [1.82, 2.24) is 40.1 Å². The number of imidazole rings is 1. The Hall–Kier alpha value is -3.60. The Morgan fingerprint density at radius 1 is 1.06 bits per heavy atom. The predicted molar refractivity (Wildman–Crippen MR) is 106 cm³/mol. The van der Waals surface area contributed by atoms with Gasteiger partial charge in [-0.15, -0.1) is 10.2 Å². The number of rotatable bonds is 7. The second-order valence-electron chi connectivity index (χ2n) is 7.09. The molecule has 0 aliphatic rings. The maximum absolute atomic E-state index is 12.7. The first-order valence-electron chi connectivity index (χ1n) is 9.45. The van der Waals surface area contributed by atoms with Crippen LogP contribution < -0.4 is 0 Å². The topological polar surface area (TPSA) is 88.4 Å². The highest BCUT2D eigenvalue weighted by Gasteiger charge is 2.29. The molecule has 4 aromatic rings. The number of pyridine rings is 1. The molecule has 0 saturated carbocycles. The zero-order valence-electron chi connectivity index (χ0n) is 16.6. The van der Waals surface area contributed by atoms with Gasteiger partial charge < -0.3 is 9.47 Å². The van der Waals surface area contributed by atoms with E-state index in [1.807, 2.05) is 28.8 Å². The molecule has 11 heteroatoms. The lowest BCUT2D eigenvalue weighted by Gasteiger charge is -2.17. The molecule has 0 amide bonds. The molecule has 0 unspecified atom stereocenters. The highest BCUT2D eigenvalue weighted by atomic mass is 19.4. The number of aromatic nitrogens is 7. The van der Waals surface area contributed by atoms with E-state index in [1.54, 1.807) is 18.6 Å². The summed E-state index contributed by atoms with van der Waals surface area (Å²) in [6.45, 7) is 1.93. The minimum Gasteiger partial charge on any atom is -0.335 e. The first-order valence-corrected chi connectivity index (χ1v) is 9.45. The van der Waals surface area contributed by atoms with E-state index in [9.17, 15) is 13.2 Å². The highest BCUT2D eigenvalue weighted by molar-refractivity contribution is 5.63. The van der Waals surface area contributed by atoms with Gasteiger partial charge in [0.25, 0.3) is 0 Å². The van der Waals surface area contributed by atoms with E-state index < -0.39 is 11.7 Å². The SMILES string of the molecule is CN(CCn1cnc(-c2cc(-c3nn[nH]n3)ccn2)c1)Cc1ccc(C(F)(F)F)cc1. The van der Waals surface area contributed by atoms with E-state index in [2.05, 4.69) is 30.6 Å². The van der Waals surface area contributed by atoms with Gasteiger partial charge in [0.05, 0.1) is 17.6 Å². The summed E-state index contributed by atoms with van der Waals surface area (Å²) in [6, 6.07) is 8.88. The summed E-state index contributed by atoms with van der Waals surface area (Å²) in [5.41, 5.74) is 2.38. The normalized spacial score (nSPS) is 11.9. The van der Waals surface area contributed by atoms with Crippen LogP contribution in [0.1, 0.15) is 11.1 Å². The van der Waals surface area contributed by atoms with Gasteiger partial charge in [0.1, 0.15) is 5.69 Å². The molecule has 8 nitrogen and oxygen atoms in total. The van der Waals surface area contributed by atoms with Crippen LogP contribution in [-0.2, 0) is 19.3 Å².